The fourth-order valence-corrected chi connectivity index (χ4v) is 2.02. The van der Waals surface area contributed by atoms with Crippen LogP contribution >= 0.6 is 0 Å². The topological polar surface area (TPSA) is 54.2 Å². The first-order valence-corrected chi connectivity index (χ1v) is 7.78. The van der Waals surface area contributed by atoms with Crippen molar-refractivity contribution in [3.8, 4) is 0 Å². The first-order chi connectivity index (χ1) is 9.76. The summed E-state index contributed by atoms with van der Waals surface area (Å²) in [5.41, 5.74) is 0. The minimum absolute atomic E-state index is 0.462. The number of rotatable bonds is 9. The van der Waals surface area contributed by atoms with E-state index in [1.54, 1.807) is 6.20 Å². The zero-order chi connectivity index (χ0) is 14.6. The lowest BCUT2D eigenvalue weighted by Crippen LogP contribution is -2.42. The maximum absolute atomic E-state index is 4.59. The Labute approximate surface area is 122 Å². The summed E-state index contributed by atoms with van der Waals surface area (Å²) < 4.78 is 1.90. The SMILES string of the molecule is CCCCCC(C)NC(=NCCn1cccn1)NCC. The molecule has 0 aliphatic rings. The number of aliphatic imine (C=N–C) groups is 1. The molecule has 1 atom stereocenters. The molecule has 0 fully saturated rings. The number of nitrogens with zero attached hydrogens (tertiary/aromatic N) is 3. The van der Waals surface area contributed by atoms with Gasteiger partial charge in [0.1, 0.15) is 0 Å². The summed E-state index contributed by atoms with van der Waals surface area (Å²) in [6.07, 6.45) is 8.80. The van der Waals surface area contributed by atoms with Crippen LogP contribution in [0.3, 0.4) is 0 Å². The van der Waals surface area contributed by atoms with Crippen molar-refractivity contribution >= 4 is 5.96 Å². The Bertz CT molecular complexity index is 358. The molecule has 0 aliphatic heterocycles. The zero-order valence-corrected chi connectivity index (χ0v) is 13.1. The maximum atomic E-state index is 4.59. The minimum Gasteiger partial charge on any atom is -0.357 e. The van der Waals surface area contributed by atoms with Crippen molar-refractivity contribution in [1.82, 2.24) is 20.4 Å². The zero-order valence-electron chi connectivity index (χ0n) is 13.1. The molecular weight excluding hydrogens is 250 g/mol. The van der Waals surface area contributed by atoms with E-state index in [-0.39, 0.29) is 0 Å². The molecule has 1 aromatic rings. The van der Waals surface area contributed by atoms with Crippen LogP contribution in [0.5, 0.6) is 0 Å². The van der Waals surface area contributed by atoms with Crippen LogP contribution < -0.4 is 10.6 Å². The van der Waals surface area contributed by atoms with Crippen LogP contribution in [0.2, 0.25) is 0 Å². The van der Waals surface area contributed by atoms with Gasteiger partial charge in [-0.3, -0.25) is 9.67 Å². The molecule has 2 N–H and O–H groups in total. The molecule has 1 unspecified atom stereocenters. The fourth-order valence-electron chi connectivity index (χ4n) is 2.02. The molecule has 20 heavy (non-hydrogen) atoms. The van der Waals surface area contributed by atoms with Crippen molar-refractivity contribution in [3.05, 3.63) is 18.5 Å². The van der Waals surface area contributed by atoms with E-state index in [1.165, 1.54) is 25.7 Å². The van der Waals surface area contributed by atoms with Crippen LogP contribution in [0.4, 0.5) is 0 Å². The summed E-state index contributed by atoms with van der Waals surface area (Å²) in [6, 6.07) is 2.40. The Kier molecular flexibility index (Phi) is 8.51. The molecule has 0 spiro atoms. The van der Waals surface area contributed by atoms with E-state index >= 15 is 0 Å². The first kappa shape index (κ1) is 16.5. The highest BCUT2D eigenvalue weighted by Gasteiger charge is 2.04. The van der Waals surface area contributed by atoms with Gasteiger partial charge >= 0.3 is 0 Å². The number of hydrogen-bond donors (Lipinski definition) is 2. The number of unbranched alkanes of at least 4 members (excludes halogenated alkanes) is 2. The minimum atomic E-state index is 0.462. The molecular formula is C15H29N5. The lowest BCUT2D eigenvalue weighted by atomic mass is 10.1. The molecule has 0 aromatic carbocycles. The van der Waals surface area contributed by atoms with Gasteiger partial charge in [-0.2, -0.15) is 5.10 Å². The number of nitrogens with one attached hydrogen (secondary N) is 2. The van der Waals surface area contributed by atoms with E-state index in [0.717, 1.165) is 25.6 Å². The van der Waals surface area contributed by atoms with Gasteiger partial charge in [0.25, 0.3) is 0 Å². The van der Waals surface area contributed by atoms with Crippen molar-refractivity contribution in [3.63, 3.8) is 0 Å². The van der Waals surface area contributed by atoms with Gasteiger partial charge in [0.05, 0.1) is 13.1 Å². The third-order valence-corrected chi connectivity index (χ3v) is 3.13. The van der Waals surface area contributed by atoms with E-state index in [9.17, 15) is 0 Å². The maximum Gasteiger partial charge on any atom is 0.191 e. The van der Waals surface area contributed by atoms with Gasteiger partial charge in [-0.25, -0.2) is 0 Å². The molecule has 1 rings (SSSR count). The molecule has 1 heterocycles. The third kappa shape index (κ3) is 7.16. The molecule has 5 heteroatoms. The van der Waals surface area contributed by atoms with Crippen LogP contribution in [0.15, 0.2) is 23.5 Å². The molecule has 0 radical (unpaired) electrons. The van der Waals surface area contributed by atoms with Crippen LogP contribution in [-0.4, -0.2) is 34.9 Å². The van der Waals surface area contributed by atoms with E-state index in [4.69, 9.17) is 0 Å². The Morgan fingerprint density at radius 3 is 2.85 bits per heavy atom. The second kappa shape index (κ2) is 10.3. The van der Waals surface area contributed by atoms with Gasteiger partial charge in [-0.15, -0.1) is 0 Å². The third-order valence-electron chi connectivity index (χ3n) is 3.13. The lowest BCUT2D eigenvalue weighted by Gasteiger charge is -2.17. The fraction of sp³-hybridized carbons (Fsp3) is 0.733. The second-order valence-electron chi connectivity index (χ2n) is 5.07. The van der Waals surface area contributed by atoms with Crippen molar-refractivity contribution in [1.29, 1.82) is 0 Å². The second-order valence-corrected chi connectivity index (χ2v) is 5.07. The van der Waals surface area contributed by atoms with Gasteiger partial charge in [0.2, 0.25) is 0 Å². The van der Waals surface area contributed by atoms with Gasteiger partial charge < -0.3 is 10.6 Å². The predicted molar refractivity (Wildman–Crippen MR) is 84.9 cm³/mol. The van der Waals surface area contributed by atoms with Gasteiger partial charge in [-0.1, -0.05) is 26.2 Å². The largest absolute Gasteiger partial charge is 0.357 e. The van der Waals surface area contributed by atoms with Crippen LogP contribution in [-0.2, 0) is 6.54 Å². The summed E-state index contributed by atoms with van der Waals surface area (Å²) in [5, 5.41) is 10.9. The first-order valence-electron chi connectivity index (χ1n) is 7.78. The monoisotopic (exact) mass is 279 g/mol. The molecule has 0 amide bonds. The quantitative estimate of drug-likeness (QED) is 0.415. The average Bonchev–Trinajstić information content (AvgIpc) is 2.92. The van der Waals surface area contributed by atoms with E-state index < -0.39 is 0 Å². The molecule has 0 bridgehead atoms. The summed E-state index contributed by atoms with van der Waals surface area (Å²) in [6.45, 7) is 8.98. The van der Waals surface area contributed by atoms with Crippen LogP contribution in [0, 0.1) is 0 Å². The predicted octanol–water partition coefficient (Wildman–Crippen LogP) is 2.41. The van der Waals surface area contributed by atoms with Crippen LogP contribution in [0.25, 0.3) is 0 Å². The summed E-state index contributed by atoms with van der Waals surface area (Å²) in [5.74, 6) is 0.906. The standard InChI is InChI=1S/C15H29N5/c1-4-6-7-9-14(3)19-15(16-5-2)17-11-13-20-12-8-10-18-20/h8,10,12,14H,4-7,9,11,13H2,1-3H3,(H2,16,17,19). The smallest absolute Gasteiger partial charge is 0.191 e. The Hall–Kier alpha value is -1.52. The number of hydrogen-bond acceptors (Lipinski definition) is 2. The van der Waals surface area contributed by atoms with E-state index in [1.807, 2.05) is 16.9 Å². The number of guanidine groups is 1. The molecule has 0 saturated heterocycles. The number of aromatic nitrogens is 2. The van der Waals surface area contributed by atoms with Crippen LogP contribution in [0.1, 0.15) is 46.5 Å². The highest BCUT2D eigenvalue weighted by atomic mass is 15.3. The summed E-state index contributed by atoms with van der Waals surface area (Å²) in [4.78, 5) is 4.59. The average molecular weight is 279 g/mol. The highest BCUT2D eigenvalue weighted by Crippen LogP contribution is 2.02. The van der Waals surface area contributed by atoms with E-state index in [0.29, 0.717) is 6.04 Å². The van der Waals surface area contributed by atoms with Crippen molar-refractivity contribution < 1.29 is 0 Å². The molecule has 114 valence electrons. The lowest BCUT2D eigenvalue weighted by molar-refractivity contribution is 0.545. The molecule has 5 nitrogen and oxygen atoms in total. The van der Waals surface area contributed by atoms with Gasteiger partial charge in [0, 0.05) is 25.0 Å². The normalized spacial score (nSPS) is 13.2. The van der Waals surface area contributed by atoms with Crippen molar-refractivity contribution in [2.24, 2.45) is 4.99 Å². The summed E-state index contributed by atoms with van der Waals surface area (Å²) in [7, 11) is 0. The molecule has 0 saturated carbocycles. The highest BCUT2D eigenvalue weighted by molar-refractivity contribution is 5.79. The Morgan fingerprint density at radius 2 is 2.20 bits per heavy atom. The van der Waals surface area contributed by atoms with Gasteiger partial charge in [-0.05, 0) is 26.3 Å². The van der Waals surface area contributed by atoms with Crippen molar-refractivity contribution in [2.45, 2.75) is 59.0 Å². The molecule has 0 aliphatic carbocycles. The molecule has 1 aromatic heterocycles. The van der Waals surface area contributed by atoms with E-state index in [2.05, 4.69) is 41.5 Å². The van der Waals surface area contributed by atoms with Gasteiger partial charge in [0.15, 0.2) is 5.96 Å². The Balaban J connectivity index is 2.33. The Morgan fingerprint density at radius 1 is 1.35 bits per heavy atom. The summed E-state index contributed by atoms with van der Waals surface area (Å²) >= 11 is 0. The van der Waals surface area contributed by atoms with Crippen molar-refractivity contribution in [2.75, 3.05) is 13.1 Å².